The molecule has 0 radical (unpaired) electrons. The third-order valence-corrected chi connectivity index (χ3v) is 7.95. The zero-order valence-electron chi connectivity index (χ0n) is 30.9. The van der Waals surface area contributed by atoms with Crippen LogP contribution in [0.15, 0.2) is 35.3 Å². The van der Waals surface area contributed by atoms with Crippen molar-refractivity contribution in [3.8, 4) is 12.3 Å². The smallest absolute Gasteiger partial charge is 0.326 e. The number of unbranched alkanes of at least 4 members (excludes halogenated alkanes) is 1. The fraction of sp³-hybridized carbons (Fsp3) is 0.472. The van der Waals surface area contributed by atoms with Crippen LogP contribution in [-0.2, 0) is 35.2 Å². The Hall–Kier alpha value is -6.17. The number of hydrogen-bond donors (Lipinski definition) is 9. The highest BCUT2D eigenvalue weighted by molar-refractivity contribution is 5.97. The predicted octanol–water partition coefficient (Wildman–Crippen LogP) is -0.837. The number of nitrogens with two attached hydrogens (primary N) is 2. The lowest BCUT2D eigenvalue weighted by atomic mass is 10.1. The first-order valence-corrected chi connectivity index (χ1v) is 18.0. The molecule has 0 fully saturated rings. The molecule has 0 spiro atoms. The third kappa shape index (κ3) is 16.1. The molecule has 0 aliphatic rings. The lowest BCUT2D eigenvalue weighted by molar-refractivity contribution is -0.139. The number of hydrogen-bond acceptors (Lipinski definition) is 14. The van der Waals surface area contributed by atoms with Crippen molar-refractivity contribution in [1.82, 2.24) is 41.2 Å². The number of carbonyl (C=O) groups is 5. The molecule has 0 saturated carbocycles. The van der Waals surface area contributed by atoms with Crippen LogP contribution in [0.1, 0.15) is 61.0 Å². The number of ether oxygens (including phenoxy) is 2. The van der Waals surface area contributed by atoms with Gasteiger partial charge >= 0.3 is 5.97 Å². The quantitative estimate of drug-likeness (QED) is 0.0355. The fourth-order valence-corrected chi connectivity index (χ4v) is 5.02. The van der Waals surface area contributed by atoms with Crippen LogP contribution in [0.3, 0.4) is 0 Å². The van der Waals surface area contributed by atoms with Crippen molar-refractivity contribution in [2.45, 2.75) is 63.6 Å². The molecule has 0 bridgehead atoms. The molecule has 2 atom stereocenters. The lowest BCUT2D eigenvalue weighted by Crippen LogP contribution is -2.47. The summed E-state index contributed by atoms with van der Waals surface area (Å²) in [6, 6.07) is 4.26. The molecular formula is C36H49N11O9. The summed E-state index contributed by atoms with van der Waals surface area (Å²) < 4.78 is 10.9. The first-order valence-electron chi connectivity index (χ1n) is 18.0. The first kappa shape index (κ1) is 44.2. The molecule has 20 nitrogen and oxygen atoms in total. The highest BCUT2D eigenvalue weighted by Gasteiger charge is 2.22. The zero-order valence-corrected chi connectivity index (χ0v) is 30.9. The van der Waals surface area contributed by atoms with Gasteiger partial charge in [-0.3, -0.25) is 29.0 Å². The molecule has 2 heterocycles. The molecule has 302 valence electrons. The van der Waals surface area contributed by atoms with E-state index in [9.17, 15) is 33.9 Å². The number of H-pyrrole nitrogens is 1. The van der Waals surface area contributed by atoms with Crippen molar-refractivity contribution in [3.63, 3.8) is 0 Å². The number of nitrogens with zero attached hydrogens (tertiary/aromatic N) is 3. The lowest BCUT2D eigenvalue weighted by Gasteiger charge is -2.18. The van der Waals surface area contributed by atoms with Gasteiger partial charge in [0.25, 0.3) is 11.5 Å². The van der Waals surface area contributed by atoms with Gasteiger partial charge in [0.1, 0.15) is 12.1 Å². The van der Waals surface area contributed by atoms with Crippen LogP contribution in [0.5, 0.6) is 0 Å². The largest absolute Gasteiger partial charge is 0.480 e. The highest BCUT2D eigenvalue weighted by atomic mass is 16.5. The molecule has 0 aliphatic heterocycles. The molecule has 11 N–H and O–H groups in total. The van der Waals surface area contributed by atoms with Crippen LogP contribution in [0, 0.1) is 12.3 Å². The SMILES string of the molecule is C#CCCC(=O)N[C@@H](CCCCN)C(=O)NCCOCCOCCNC(=O)CC[C@H](NC(=O)c1ccc(NCc2cnc3nc(N)[nH]c(=O)c3n2)cc1)C(=O)O. The number of terminal acetylenes is 1. The Morgan fingerprint density at radius 3 is 2.29 bits per heavy atom. The molecule has 2 aromatic heterocycles. The fourth-order valence-electron chi connectivity index (χ4n) is 5.02. The monoisotopic (exact) mass is 779 g/mol. The summed E-state index contributed by atoms with van der Waals surface area (Å²) in [6.45, 7) is 1.99. The summed E-state index contributed by atoms with van der Waals surface area (Å²) >= 11 is 0. The van der Waals surface area contributed by atoms with E-state index in [1.807, 2.05) is 0 Å². The number of aliphatic carboxylic acids is 1. The van der Waals surface area contributed by atoms with E-state index < -0.39 is 35.4 Å². The van der Waals surface area contributed by atoms with E-state index >= 15 is 0 Å². The minimum atomic E-state index is -1.30. The Labute approximate surface area is 322 Å². The van der Waals surface area contributed by atoms with Gasteiger partial charge in [0.05, 0.1) is 44.9 Å². The summed E-state index contributed by atoms with van der Waals surface area (Å²) in [5, 5.41) is 23.3. The van der Waals surface area contributed by atoms with Gasteiger partial charge in [0.2, 0.25) is 23.7 Å². The topological polar surface area (TPSA) is 308 Å². The molecule has 4 amide bonds. The van der Waals surface area contributed by atoms with E-state index in [4.69, 9.17) is 27.4 Å². The number of aromatic amines is 1. The average molecular weight is 780 g/mol. The maximum absolute atomic E-state index is 12.8. The normalized spacial score (nSPS) is 11.9. The average Bonchev–Trinajstić information content (AvgIpc) is 3.18. The van der Waals surface area contributed by atoms with Crippen molar-refractivity contribution in [2.24, 2.45) is 5.73 Å². The van der Waals surface area contributed by atoms with Gasteiger partial charge in [0, 0.05) is 43.6 Å². The van der Waals surface area contributed by atoms with Gasteiger partial charge in [-0.05, 0) is 56.5 Å². The Balaban J connectivity index is 1.27. The summed E-state index contributed by atoms with van der Waals surface area (Å²) in [4.78, 5) is 88.2. The van der Waals surface area contributed by atoms with Crippen molar-refractivity contribution < 1.29 is 38.6 Å². The van der Waals surface area contributed by atoms with Gasteiger partial charge in [-0.2, -0.15) is 4.98 Å². The number of carboxylic acids is 1. The number of benzene rings is 1. The number of rotatable bonds is 26. The number of fused-ring (bicyclic) bond motifs is 1. The Morgan fingerprint density at radius 2 is 1.61 bits per heavy atom. The summed E-state index contributed by atoms with van der Waals surface area (Å²) in [6.07, 6.45) is 8.67. The van der Waals surface area contributed by atoms with Crippen molar-refractivity contribution >= 4 is 52.4 Å². The van der Waals surface area contributed by atoms with Crippen LogP contribution in [-0.4, -0.2) is 113 Å². The number of nitrogen functional groups attached to an aromatic ring is 1. The van der Waals surface area contributed by atoms with Crippen LogP contribution in [0.2, 0.25) is 0 Å². The molecule has 0 saturated heterocycles. The van der Waals surface area contributed by atoms with E-state index in [-0.39, 0.29) is 106 Å². The van der Waals surface area contributed by atoms with Gasteiger partial charge in [-0.25, -0.2) is 14.8 Å². The van der Waals surface area contributed by atoms with E-state index in [0.717, 1.165) is 6.42 Å². The second kappa shape index (κ2) is 24.3. The molecular weight excluding hydrogens is 730 g/mol. The molecule has 0 aliphatic carbocycles. The molecule has 1 aromatic carbocycles. The van der Waals surface area contributed by atoms with Crippen LogP contribution in [0.4, 0.5) is 11.6 Å². The predicted molar refractivity (Wildman–Crippen MR) is 205 cm³/mol. The maximum atomic E-state index is 12.8. The summed E-state index contributed by atoms with van der Waals surface area (Å²) in [7, 11) is 0. The molecule has 3 rings (SSSR count). The number of carbonyl (C=O) groups excluding carboxylic acids is 4. The van der Waals surface area contributed by atoms with Gasteiger partial charge in [-0.15, -0.1) is 12.3 Å². The van der Waals surface area contributed by atoms with Crippen molar-refractivity contribution in [3.05, 3.63) is 52.1 Å². The number of carboxylic acid groups (broad SMARTS) is 1. The first-order chi connectivity index (χ1) is 27.0. The Kier molecular flexibility index (Phi) is 19.2. The molecule has 56 heavy (non-hydrogen) atoms. The minimum Gasteiger partial charge on any atom is -0.480 e. The maximum Gasteiger partial charge on any atom is 0.326 e. The second-order valence-corrected chi connectivity index (χ2v) is 12.3. The zero-order chi connectivity index (χ0) is 40.7. The van der Waals surface area contributed by atoms with Crippen molar-refractivity contribution in [2.75, 3.05) is 57.1 Å². The van der Waals surface area contributed by atoms with E-state index in [1.165, 1.54) is 18.3 Å². The minimum absolute atomic E-state index is 0.0449. The van der Waals surface area contributed by atoms with E-state index in [2.05, 4.69) is 52.4 Å². The van der Waals surface area contributed by atoms with Crippen LogP contribution < -0.4 is 43.6 Å². The van der Waals surface area contributed by atoms with Gasteiger partial charge in [-0.1, -0.05) is 0 Å². The second-order valence-electron chi connectivity index (χ2n) is 12.3. The molecule has 0 unspecified atom stereocenters. The van der Waals surface area contributed by atoms with Crippen LogP contribution >= 0.6 is 0 Å². The number of aromatic nitrogens is 4. The standard InChI is InChI=1S/C36H49N11O9/c1-2-3-7-29(49)44-26(6-4-5-14-37)33(51)40-16-18-56-20-19-55-17-15-39-28(48)13-12-27(35(53)54)45-32(50)23-8-10-24(11-9-23)41-21-25-22-42-31-30(43-25)34(52)47-36(38)46-31/h1,8-11,22,26-27,41H,3-7,12-21,37H2,(H,39,48)(H,40,51)(H,44,49)(H,45,50)(H,53,54)(H3,38,42,46,47,52)/t26-,27-/m0/s1. The highest BCUT2D eigenvalue weighted by Crippen LogP contribution is 2.12. The summed E-state index contributed by atoms with van der Waals surface area (Å²) in [5.41, 5.74) is 12.0. The van der Waals surface area contributed by atoms with Crippen LogP contribution in [0.25, 0.3) is 11.2 Å². The van der Waals surface area contributed by atoms with E-state index in [1.54, 1.807) is 12.1 Å². The Morgan fingerprint density at radius 1 is 0.893 bits per heavy atom. The number of anilines is 2. The third-order valence-electron chi connectivity index (χ3n) is 7.95. The molecule has 20 heteroatoms. The van der Waals surface area contributed by atoms with Gasteiger partial charge in [0.15, 0.2) is 11.2 Å². The number of nitrogens with one attached hydrogen (secondary N) is 6. The molecule has 3 aromatic rings. The Bertz CT molecular complexity index is 1870. The van der Waals surface area contributed by atoms with E-state index in [0.29, 0.717) is 30.8 Å². The number of amides is 4. The van der Waals surface area contributed by atoms with Gasteiger partial charge < -0.3 is 52.6 Å². The summed E-state index contributed by atoms with van der Waals surface area (Å²) in [5.74, 6) is -0.600. The van der Waals surface area contributed by atoms with Crippen molar-refractivity contribution in [1.29, 1.82) is 0 Å².